The van der Waals surface area contributed by atoms with Crippen LogP contribution in [0.15, 0.2) is 18.2 Å². The van der Waals surface area contributed by atoms with Crippen molar-refractivity contribution in [3.05, 3.63) is 28.8 Å². The smallest absolute Gasteiger partial charge is 0.382 e. The molecule has 0 heterocycles. The molecule has 2 N–H and O–H groups in total. The van der Waals surface area contributed by atoms with Gasteiger partial charge in [-0.1, -0.05) is 17.7 Å². The van der Waals surface area contributed by atoms with E-state index in [1.54, 1.807) is 25.1 Å². The summed E-state index contributed by atoms with van der Waals surface area (Å²) >= 11 is 5.84. The number of hydrogen-bond acceptors (Lipinski definition) is 3. The molecule has 0 fully saturated rings. The summed E-state index contributed by atoms with van der Waals surface area (Å²) in [6.07, 6.45) is -7.21. The Balaban J connectivity index is 2.70. The number of halogens is 4. The molecule has 0 radical (unpaired) electrons. The maximum absolute atomic E-state index is 12.3. The molecule has 2 unspecified atom stereocenters. The number of carbonyl (C=O) groups is 1. The Morgan fingerprint density at radius 1 is 1.45 bits per heavy atom. The van der Waals surface area contributed by atoms with Gasteiger partial charge in [0.05, 0.1) is 6.04 Å². The molecule has 1 aromatic carbocycles. The fraction of sp³-hybridized carbons (Fsp3) is 0.500. The number of likely N-dealkylation sites (N-methyl/N-ethyl adjacent to an activating group) is 1. The Kier molecular flexibility index (Phi) is 6.22. The third kappa shape index (κ3) is 5.15. The fourth-order valence-corrected chi connectivity index (χ4v) is 1.87. The molecule has 0 aliphatic carbocycles. The third-order valence-electron chi connectivity index (χ3n) is 3.34. The van der Waals surface area contributed by atoms with Crippen molar-refractivity contribution in [2.75, 3.05) is 18.9 Å². The molecule has 0 bridgehead atoms. The lowest BCUT2D eigenvalue weighted by molar-refractivity contribution is -0.208. The predicted octanol–water partition coefficient (Wildman–Crippen LogP) is 2.83. The van der Waals surface area contributed by atoms with E-state index in [0.717, 1.165) is 10.5 Å². The zero-order chi connectivity index (χ0) is 17.1. The van der Waals surface area contributed by atoms with Crippen LogP contribution in [-0.2, 0) is 4.79 Å². The number of hydrogen-bond donors (Lipinski definition) is 2. The lowest BCUT2D eigenvalue weighted by Gasteiger charge is -2.27. The Morgan fingerprint density at radius 3 is 2.59 bits per heavy atom. The minimum Gasteiger partial charge on any atom is -0.382 e. The SMILES string of the molecule is Cc1ccc(Cl)cc1NC(=O)C(C)N(C)CC(O)C(F)(F)F. The van der Waals surface area contributed by atoms with Gasteiger partial charge in [-0.15, -0.1) is 0 Å². The molecular formula is C14H18ClF3N2O2. The quantitative estimate of drug-likeness (QED) is 0.868. The number of nitrogens with zero attached hydrogens (tertiary/aromatic N) is 1. The van der Waals surface area contributed by atoms with Crippen LogP contribution >= 0.6 is 11.6 Å². The molecule has 0 aliphatic heterocycles. The molecule has 0 saturated carbocycles. The van der Waals surface area contributed by atoms with Gasteiger partial charge < -0.3 is 10.4 Å². The zero-order valence-corrected chi connectivity index (χ0v) is 13.2. The number of alkyl halides is 3. The molecule has 0 aromatic heterocycles. The van der Waals surface area contributed by atoms with Crippen LogP contribution in [0, 0.1) is 6.92 Å². The minimum absolute atomic E-state index is 0.439. The minimum atomic E-state index is -4.71. The first-order chi connectivity index (χ1) is 10.0. The number of aliphatic hydroxyl groups excluding tert-OH is 1. The summed E-state index contributed by atoms with van der Waals surface area (Å²) in [5.41, 5.74) is 1.28. The van der Waals surface area contributed by atoms with E-state index in [1.165, 1.54) is 14.0 Å². The van der Waals surface area contributed by atoms with E-state index in [4.69, 9.17) is 16.7 Å². The highest BCUT2D eigenvalue weighted by Crippen LogP contribution is 2.22. The number of aryl methyl sites for hydroxylation is 1. The molecule has 0 aliphatic rings. The van der Waals surface area contributed by atoms with E-state index in [-0.39, 0.29) is 0 Å². The Morgan fingerprint density at radius 2 is 2.05 bits per heavy atom. The van der Waals surface area contributed by atoms with Gasteiger partial charge >= 0.3 is 6.18 Å². The van der Waals surface area contributed by atoms with Crippen LogP contribution in [0.4, 0.5) is 18.9 Å². The Bertz CT molecular complexity index is 537. The van der Waals surface area contributed by atoms with Crippen molar-refractivity contribution in [1.29, 1.82) is 0 Å². The Hall–Kier alpha value is -1.31. The third-order valence-corrected chi connectivity index (χ3v) is 3.57. The number of nitrogens with one attached hydrogen (secondary N) is 1. The van der Waals surface area contributed by atoms with Crippen LogP contribution in [0.3, 0.4) is 0 Å². The van der Waals surface area contributed by atoms with Crippen LogP contribution in [0.25, 0.3) is 0 Å². The summed E-state index contributed by atoms with van der Waals surface area (Å²) in [6, 6.07) is 4.10. The van der Waals surface area contributed by atoms with Gasteiger partial charge in [-0.2, -0.15) is 13.2 Å². The second kappa shape index (κ2) is 7.30. The first-order valence-electron chi connectivity index (χ1n) is 6.54. The second-order valence-corrected chi connectivity index (χ2v) is 5.56. The van der Waals surface area contributed by atoms with E-state index in [0.29, 0.717) is 10.7 Å². The molecule has 0 spiro atoms. The number of carbonyl (C=O) groups excluding carboxylic acids is 1. The van der Waals surface area contributed by atoms with Crippen LogP contribution in [0.1, 0.15) is 12.5 Å². The zero-order valence-electron chi connectivity index (χ0n) is 12.4. The number of rotatable bonds is 5. The van der Waals surface area contributed by atoms with Gasteiger partial charge in [0.2, 0.25) is 5.91 Å². The van der Waals surface area contributed by atoms with E-state index in [1.807, 2.05) is 0 Å². The van der Waals surface area contributed by atoms with Crippen LogP contribution in [-0.4, -0.2) is 47.8 Å². The standard InChI is InChI=1S/C14H18ClF3N2O2/c1-8-4-5-10(15)6-11(8)19-13(22)9(2)20(3)7-12(21)14(16,17)18/h4-6,9,12,21H,7H2,1-3H3,(H,19,22). The average Bonchev–Trinajstić information content (AvgIpc) is 2.40. The van der Waals surface area contributed by atoms with Gasteiger partial charge in [0.15, 0.2) is 6.10 Å². The second-order valence-electron chi connectivity index (χ2n) is 5.12. The molecule has 2 atom stereocenters. The van der Waals surface area contributed by atoms with Crippen molar-refractivity contribution in [2.24, 2.45) is 0 Å². The number of amides is 1. The van der Waals surface area contributed by atoms with Gasteiger partial charge in [-0.05, 0) is 38.6 Å². The molecule has 1 amide bonds. The molecular weight excluding hydrogens is 321 g/mol. The van der Waals surface area contributed by atoms with E-state index in [2.05, 4.69) is 5.32 Å². The first-order valence-corrected chi connectivity index (χ1v) is 6.92. The van der Waals surface area contributed by atoms with E-state index in [9.17, 15) is 18.0 Å². The van der Waals surface area contributed by atoms with Crippen molar-refractivity contribution < 1.29 is 23.1 Å². The summed E-state index contributed by atoms with van der Waals surface area (Å²) in [5.74, 6) is -0.484. The normalized spacial score (nSPS) is 14.8. The van der Waals surface area contributed by atoms with E-state index < -0.39 is 30.8 Å². The van der Waals surface area contributed by atoms with Gasteiger partial charge in [0.25, 0.3) is 0 Å². The maximum Gasteiger partial charge on any atom is 0.415 e. The van der Waals surface area contributed by atoms with Crippen molar-refractivity contribution in [2.45, 2.75) is 32.2 Å². The number of benzene rings is 1. The molecule has 22 heavy (non-hydrogen) atoms. The summed E-state index contributed by atoms with van der Waals surface area (Å²) in [5, 5.41) is 12.1. The van der Waals surface area contributed by atoms with Gasteiger partial charge in [-0.25, -0.2) is 0 Å². The van der Waals surface area contributed by atoms with Crippen molar-refractivity contribution >= 4 is 23.2 Å². The van der Waals surface area contributed by atoms with Crippen molar-refractivity contribution in [1.82, 2.24) is 4.90 Å². The average molecular weight is 339 g/mol. The van der Waals surface area contributed by atoms with Crippen molar-refractivity contribution in [3.63, 3.8) is 0 Å². The molecule has 0 saturated heterocycles. The molecule has 1 aromatic rings. The van der Waals surface area contributed by atoms with Gasteiger partial charge in [0.1, 0.15) is 0 Å². The molecule has 4 nitrogen and oxygen atoms in total. The van der Waals surface area contributed by atoms with E-state index >= 15 is 0 Å². The van der Waals surface area contributed by atoms with Gasteiger partial charge in [0, 0.05) is 17.3 Å². The van der Waals surface area contributed by atoms with Crippen LogP contribution in [0.2, 0.25) is 5.02 Å². The molecule has 1 rings (SSSR count). The Labute approximate surface area is 131 Å². The number of anilines is 1. The predicted molar refractivity (Wildman–Crippen MR) is 79.0 cm³/mol. The highest BCUT2D eigenvalue weighted by Gasteiger charge is 2.39. The summed E-state index contributed by atoms with van der Waals surface area (Å²) in [4.78, 5) is 13.2. The lowest BCUT2D eigenvalue weighted by atomic mass is 10.2. The summed E-state index contributed by atoms with van der Waals surface area (Å²) < 4.78 is 37.0. The summed E-state index contributed by atoms with van der Waals surface area (Å²) in [7, 11) is 1.34. The maximum atomic E-state index is 12.3. The topological polar surface area (TPSA) is 52.6 Å². The lowest BCUT2D eigenvalue weighted by Crippen LogP contribution is -2.46. The van der Waals surface area contributed by atoms with Crippen LogP contribution < -0.4 is 5.32 Å². The molecule has 124 valence electrons. The summed E-state index contributed by atoms with van der Waals surface area (Å²) in [6.45, 7) is 2.54. The van der Waals surface area contributed by atoms with Crippen LogP contribution in [0.5, 0.6) is 0 Å². The van der Waals surface area contributed by atoms with Crippen molar-refractivity contribution in [3.8, 4) is 0 Å². The fourth-order valence-electron chi connectivity index (χ4n) is 1.70. The number of aliphatic hydroxyl groups is 1. The molecule has 8 heteroatoms. The highest BCUT2D eigenvalue weighted by atomic mass is 35.5. The largest absolute Gasteiger partial charge is 0.415 e. The monoisotopic (exact) mass is 338 g/mol. The first kappa shape index (κ1) is 18.7. The van der Waals surface area contributed by atoms with Gasteiger partial charge in [-0.3, -0.25) is 9.69 Å². The highest BCUT2D eigenvalue weighted by molar-refractivity contribution is 6.31.